The molecule has 2 aromatic heterocycles. The van der Waals surface area contributed by atoms with Crippen LogP contribution in [0.25, 0.3) is 11.2 Å². The number of likely N-dealkylation sites (tertiary alicyclic amines) is 1. The van der Waals surface area contributed by atoms with Crippen molar-refractivity contribution in [3.8, 4) is 11.8 Å². The minimum atomic E-state index is -0.862. The number of fused-ring (bicyclic) bond motifs is 1. The molecule has 1 aliphatic heterocycles. The fourth-order valence-corrected chi connectivity index (χ4v) is 4.20. The quantitative estimate of drug-likeness (QED) is 0.348. The van der Waals surface area contributed by atoms with Crippen LogP contribution in [0.1, 0.15) is 38.2 Å². The van der Waals surface area contributed by atoms with Crippen molar-refractivity contribution >= 4 is 23.0 Å². The van der Waals surface area contributed by atoms with Gasteiger partial charge in [0.2, 0.25) is 0 Å². The van der Waals surface area contributed by atoms with Crippen molar-refractivity contribution in [1.29, 1.82) is 0 Å². The van der Waals surface area contributed by atoms with Gasteiger partial charge in [0.25, 0.3) is 0 Å². The zero-order chi connectivity index (χ0) is 24.8. The Hall–Kier alpha value is -3.60. The van der Waals surface area contributed by atoms with Crippen LogP contribution in [0.2, 0.25) is 0 Å². The molecule has 1 aromatic carbocycles. The Morgan fingerprint density at radius 2 is 2.06 bits per heavy atom. The van der Waals surface area contributed by atoms with E-state index in [2.05, 4.69) is 26.8 Å². The monoisotopic (exact) mass is 484 g/mol. The first-order valence-corrected chi connectivity index (χ1v) is 12.0. The standard InChI is InChI=1S/C24H32N6O5/c1-2-3-13-34-23-27-21(25)20-22(28-23)30(24(33)26-20)12-11-29-9-7-17(8-10-29)35-18-6-4-5-16(14-18)15-19(31)32/h4-6,14,17H,2-3,7-13,15H2,1H3,(H,26,33)(H,31,32)(H2,25,27,28). The van der Waals surface area contributed by atoms with E-state index in [9.17, 15) is 9.59 Å². The van der Waals surface area contributed by atoms with Crippen LogP contribution >= 0.6 is 0 Å². The summed E-state index contributed by atoms with van der Waals surface area (Å²) in [6, 6.07) is 7.43. The SMILES string of the molecule is CCCCOc1nc(N)c2[nH]c(=O)n(CCN3CCC(Oc4cccc(CC(=O)O)c4)CC3)c2n1. The fraction of sp³-hybridized carbons (Fsp3) is 0.500. The van der Waals surface area contributed by atoms with Crippen LogP contribution in [0, 0.1) is 0 Å². The summed E-state index contributed by atoms with van der Waals surface area (Å²) < 4.78 is 13.3. The molecule has 4 rings (SSSR count). The highest BCUT2D eigenvalue weighted by Crippen LogP contribution is 2.21. The van der Waals surface area contributed by atoms with Gasteiger partial charge in [-0.2, -0.15) is 9.97 Å². The highest BCUT2D eigenvalue weighted by atomic mass is 16.5. The van der Waals surface area contributed by atoms with Crippen molar-refractivity contribution in [1.82, 2.24) is 24.4 Å². The molecule has 11 heteroatoms. The number of nitrogen functional groups attached to an aromatic ring is 1. The number of carboxylic acid groups (broad SMARTS) is 1. The number of ether oxygens (including phenoxy) is 2. The topological polar surface area (TPSA) is 149 Å². The van der Waals surface area contributed by atoms with Gasteiger partial charge in [0.05, 0.1) is 13.0 Å². The second kappa shape index (κ2) is 11.2. The number of H-pyrrole nitrogens is 1. The molecule has 0 saturated carbocycles. The number of nitrogens with zero attached hydrogens (tertiary/aromatic N) is 4. The van der Waals surface area contributed by atoms with Gasteiger partial charge in [-0.3, -0.25) is 9.36 Å². The smallest absolute Gasteiger partial charge is 0.327 e. The molecule has 11 nitrogen and oxygen atoms in total. The summed E-state index contributed by atoms with van der Waals surface area (Å²) in [5.41, 5.74) is 7.35. The van der Waals surface area contributed by atoms with E-state index in [0.717, 1.165) is 44.3 Å². The number of nitrogens with one attached hydrogen (secondary N) is 1. The summed E-state index contributed by atoms with van der Waals surface area (Å²) >= 11 is 0. The molecule has 0 aliphatic carbocycles. The van der Waals surface area contributed by atoms with Gasteiger partial charge in [-0.25, -0.2) is 4.79 Å². The maximum atomic E-state index is 12.6. The molecule has 1 aliphatic rings. The van der Waals surface area contributed by atoms with Crippen LogP contribution in [-0.4, -0.2) is 67.8 Å². The number of nitrogens with two attached hydrogens (primary N) is 1. The number of anilines is 1. The summed E-state index contributed by atoms with van der Waals surface area (Å²) in [4.78, 5) is 37.1. The lowest BCUT2D eigenvalue weighted by Crippen LogP contribution is -2.40. The van der Waals surface area contributed by atoms with Gasteiger partial charge < -0.3 is 30.2 Å². The number of carboxylic acids is 1. The average Bonchev–Trinajstić information content (AvgIpc) is 3.14. The molecule has 1 saturated heterocycles. The van der Waals surface area contributed by atoms with E-state index < -0.39 is 5.97 Å². The molecule has 1 fully saturated rings. The first kappa shape index (κ1) is 24.5. The molecule has 188 valence electrons. The molecular formula is C24H32N6O5. The van der Waals surface area contributed by atoms with Gasteiger partial charge in [0.15, 0.2) is 11.5 Å². The van der Waals surface area contributed by atoms with E-state index in [1.54, 1.807) is 16.7 Å². The normalized spacial score (nSPS) is 14.9. The molecule has 0 spiro atoms. The Kier molecular flexibility index (Phi) is 7.86. The van der Waals surface area contributed by atoms with Crippen molar-refractivity contribution in [3.63, 3.8) is 0 Å². The summed E-state index contributed by atoms with van der Waals surface area (Å²) in [5.74, 6) is 0.0312. The van der Waals surface area contributed by atoms with Crippen LogP contribution in [0.5, 0.6) is 11.8 Å². The van der Waals surface area contributed by atoms with Crippen LogP contribution in [0.3, 0.4) is 0 Å². The van der Waals surface area contributed by atoms with Gasteiger partial charge in [-0.05, 0) is 37.0 Å². The first-order valence-electron chi connectivity index (χ1n) is 12.0. The van der Waals surface area contributed by atoms with Crippen LogP contribution in [0.15, 0.2) is 29.1 Å². The van der Waals surface area contributed by atoms with Crippen molar-refractivity contribution < 1.29 is 19.4 Å². The number of aromatic amines is 1. The Balaban J connectivity index is 1.33. The van der Waals surface area contributed by atoms with Crippen molar-refractivity contribution in [3.05, 3.63) is 40.3 Å². The van der Waals surface area contributed by atoms with E-state index in [0.29, 0.717) is 36.6 Å². The average molecular weight is 485 g/mol. The highest BCUT2D eigenvalue weighted by molar-refractivity contribution is 5.81. The van der Waals surface area contributed by atoms with Gasteiger partial charge in [0.1, 0.15) is 17.4 Å². The predicted octanol–water partition coefficient (Wildman–Crippen LogP) is 2.05. The summed E-state index contributed by atoms with van der Waals surface area (Å²) in [5, 5.41) is 8.98. The van der Waals surface area contributed by atoms with Crippen molar-refractivity contribution in [2.24, 2.45) is 0 Å². The number of aromatic nitrogens is 4. The molecule has 0 amide bonds. The Labute approximate surface area is 202 Å². The molecule has 3 heterocycles. The number of unbranched alkanes of at least 4 members (excludes halogenated alkanes) is 1. The maximum absolute atomic E-state index is 12.6. The summed E-state index contributed by atoms with van der Waals surface area (Å²) in [6.07, 6.45) is 3.61. The lowest BCUT2D eigenvalue weighted by Gasteiger charge is -2.32. The van der Waals surface area contributed by atoms with E-state index in [-0.39, 0.29) is 30.0 Å². The van der Waals surface area contributed by atoms with Crippen molar-refractivity contribution in [2.45, 2.75) is 51.7 Å². The molecule has 4 N–H and O–H groups in total. The van der Waals surface area contributed by atoms with Gasteiger partial charge >= 0.3 is 17.7 Å². The summed E-state index contributed by atoms with van der Waals surface area (Å²) in [7, 11) is 0. The highest BCUT2D eigenvalue weighted by Gasteiger charge is 2.22. The molecule has 3 aromatic rings. The van der Waals surface area contributed by atoms with Gasteiger partial charge in [-0.15, -0.1) is 0 Å². The van der Waals surface area contributed by atoms with E-state index >= 15 is 0 Å². The number of imidazole rings is 1. The number of piperidine rings is 1. The minimum Gasteiger partial charge on any atom is -0.490 e. The second-order valence-electron chi connectivity index (χ2n) is 8.75. The number of benzene rings is 1. The number of rotatable bonds is 11. The zero-order valence-corrected chi connectivity index (χ0v) is 19.9. The summed E-state index contributed by atoms with van der Waals surface area (Å²) in [6.45, 7) is 5.38. The molecular weight excluding hydrogens is 452 g/mol. The largest absolute Gasteiger partial charge is 0.490 e. The fourth-order valence-electron chi connectivity index (χ4n) is 4.20. The van der Waals surface area contributed by atoms with E-state index in [1.807, 2.05) is 12.1 Å². The maximum Gasteiger partial charge on any atom is 0.327 e. The lowest BCUT2D eigenvalue weighted by molar-refractivity contribution is -0.136. The third-order valence-corrected chi connectivity index (χ3v) is 6.09. The van der Waals surface area contributed by atoms with E-state index in [4.69, 9.17) is 20.3 Å². The third kappa shape index (κ3) is 6.30. The van der Waals surface area contributed by atoms with E-state index in [1.165, 1.54) is 0 Å². The number of aliphatic carboxylic acids is 1. The first-order chi connectivity index (χ1) is 16.9. The number of carbonyl (C=O) groups is 1. The molecule has 0 bridgehead atoms. The van der Waals surface area contributed by atoms with Gasteiger partial charge in [0, 0.05) is 26.2 Å². The van der Waals surface area contributed by atoms with Crippen LogP contribution in [0.4, 0.5) is 5.82 Å². The molecule has 35 heavy (non-hydrogen) atoms. The Morgan fingerprint density at radius 3 is 2.80 bits per heavy atom. The Bertz CT molecular complexity index is 1210. The predicted molar refractivity (Wildman–Crippen MR) is 131 cm³/mol. The minimum absolute atomic E-state index is 0.0220. The Morgan fingerprint density at radius 1 is 1.26 bits per heavy atom. The third-order valence-electron chi connectivity index (χ3n) is 6.09. The van der Waals surface area contributed by atoms with Gasteiger partial charge in [-0.1, -0.05) is 25.5 Å². The van der Waals surface area contributed by atoms with Crippen molar-refractivity contribution in [2.75, 3.05) is 32.0 Å². The van der Waals surface area contributed by atoms with Crippen LogP contribution in [-0.2, 0) is 17.8 Å². The number of hydrogen-bond acceptors (Lipinski definition) is 8. The molecule has 0 unspecified atom stereocenters. The molecule has 0 atom stereocenters. The zero-order valence-electron chi connectivity index (χ0n) is 19.9. The lowest BCUT2D eigenvalue weighted by atomic mass is 10.1. The second-order valence-corrected chi connectivity index (χ2v) is 8.75. The van der Waals surface area contributed by atoms with Crippen LogP contribution < -0.4 is 20.9 Å². The number of hydrogen-bond donors (Lipinski definition) is 3. The molecule has 0 radical (unpaired) electrons.